The van der Waals surface area contributed by atoms with Crippen molar-refractivity contribution in [3.63, 3.8) is 0 Å². The van der Waals surface area contributed by atoms with Crippen molar-refractivity contribution in [2.24, 2.45) is 0 Å². The van der Waals surface area contributed by atoms with Gasteiger partial charge < -0.3 is 14.6 Å². The lowest BCUT2D eigenvalue weighted by Crippen LogP contribution is -2.23. The molecule has 0 atom stereocenters. The van der Waals surface area contributed by atoms with Crippen LogP contribution in [0, 0.1) is 0 Å². The Bertz CT molecular complexity index is 90.9. The predicted octanol–water partition coefficient (Wildman–Crippen LogP) is 0.927. The molecule has 0 aliphatic rings. The third-order valence-corrected chi connectivity index (χ3v) is 1.22. The van der Waals surface area contributed by atoms with E-state index in [2.05, 4.69) is 11.7 Å². The summed E-state index contributed by atoms with van der Waals surface area (Å²) in [6.07, 6.45) is 2.70. The van der Waals surface area contributed by atoms with Crippen molar-refractivity contribution in [3.8, 4) is 0 Å². The number of rotatable bonds is 5. The zero-order chi connectivity index (χ0) is 7.82. The van der Waals surface area contributed by atoms with Gasteiger partial charge in [-0.3, -0.25) is 0 Å². The predicted molar refractivity (Wildman–Crippen MR) is 35.5 cm³/mol. The van der Waals surface area contributed by atoms with Crippen molar-refractivity contribution in [1.29, 1.82) is 0 Å². The molecule has 0 aromatic heterocycles. The summed E-state index contributed by atoms with van der Waals surface area (Å²) in [5.74, 6) is 0. The van der Waals surface area contributed by atoms with E-state index in [-0.39, 0.29) is 6.61 Å². The maximum absolute atomic E-state index is 9.70. The van der Waals surface area contributed by atoms with Gasteiger partial charge in [-0.05, 0) is 6.42 Å². The molecule has 0 aliphatic heterocycles. The van der Waals surface area contributed by atoms with Crippen molar-refractivity contribution in [3.05, 3.63) is 0 Å². The van der Waals surface area contributed by atoms with Crippen LogP contribution in [0.1, 0.15) is 32.6 Å². The lowest BCUT2D eigenvalue weighted by Gasteiger charge is -2.06. The molecule has 0 bridgehead atoms. The SMILES string of the molecule is CCCCCCOC(=O)[O-]. The molecule has 0 rings (SSSR count). The summed E-state index contributed by atoms with van der Waals surface area (Å²) in [6, 6.07) is 0. The second-order valence-corrected chi connectivity index (χ2v) is 2.16. The summed E-state index contributed by atoms with van der Waals surface area (Å²) in [6.45, 7) is 2.38. The first-order valence-corrected chi connectivity index (χ1v) is 3.61. The van der Waals surface area contributed by atoms with Crippen molar-refractivity contribution in [1.82, 2.24) is 0 Å². The van der Waals surface area contributed by atoms with Gasteiger partial charge in [-0.1, -0.05) is 26.2 Å². The number of ether oxygens (including phenoxy) is 1. The third-order valence-electron chi connectivity index (χ3n) is 1.22. The van der Waals surface area contributed by atoms with E-state index in [1.165, 1.54) is 0 Å². The van der Waals surface area contributed by atoms with Crippen LogP contribution in [0.2, 0.25) is 0 Å². The Balaban J connectivity index is 2.84. The summed E-state index contributed by atoms with van der Waals surface area (Å²) in [7, 11) is 0. The van der Waals surface area contributed by atoms with Gasteiger partial charge in [0.05, 0.1) is 0 Å². The van der Waals surface area contributed by atoms with Crippen LogP contribution in [0.4, 0.5) is 4.79 Å². The van der Waals surface area contributed by atoms with Gasteiger partial charge in [-0.15, -0.1) is 0 Å². The second-order valence-electron chi connectivity index (χ2n) is 2.16. The summed E-state index contributed by atoms with van der Waals surface area (Å²) in [4.78, 5) is 9.70. The molecular formula is C7H13O3-. The van der Waals surface area contributed by atoms with E-state index in [0.717, 1.165) is 25.7 Å². The van der Waals surface area contributed by atoms with Crippen LogP contribution in [0.5, 0.6) is 0 Å². The van der Waals surface area contributed by atoms with Gasteiger partial charge in [-0.2, -0.15) is 0 Å². The number of hydrogen-bond acceptors (Lipinski definition) is 3. The van der Waals surface area contributed by atoms with Crippen LogP contribution in [-0.2, 0) is 4.74 Å². The van der Waals surface area contributed by atoms with E-state index in [1.807, 2.05) is 0 Å². The van der Waals surface area contributed by atoms with Gasteiger partial charge in [0.15, 0.2) is 0 Å². The van der Waals surface area contributed by atoms with Crippen LogP contribution in [-0.4, -0.2) is 12.8 Å². The number of carbonyl (C=O) groups excluding carboxylic acids is 1. The maximum Gasteiger partial charge on any atom is 0.251 e. The van der Waals surface area contributed by atoms with Crippen molar-refractivity contribution in [2.75, 3.05) is 6.61 Å². The summed E-state index contributed by atoms with van der Waals surface area (Å²) < 4.78 is 4.19. The standard InChI is InChI=1S/C7H14O3/c1-2-3-4-5-6-10-7(8)9/h2-6H2,1H3,(H,8,9)/p-1. The fourth-order valence-corrected chi connectivity index (χ4v) is 0.684. The minimum Gasteiger partial charge on any atom is -0.550 e. The minimum atomic E-state index is -1.42. The van der Waals surface area contributed by atoms with Crippen LogP contribution >= 0.6 is 0 Å². The third kappa shape index (κ3) is 7.27. The molecular weight excluding hydrogens is 132 g/mol. The molecule has 3 nitrogen and oxygen atoms in total. The average Bonchev–Trinajstić information content (AvgIpc) is 1.87. The number of carboxylic acid groups (broad SMARTS) is 1. The van der Waals surface area contributed by atoms with E-state index in [4.69, 9.17) is 0 Å². The molecule has 10 heavy (non-hydrogen) atoms. The van der Waals surface area contributed by atoms with Crippen LogP contribution in [0.15, 0.2) is 0 Å². The molecule has 60 valence electrons. The Hall–Kier alpha value is -0.730. The molecule has 0 heterocycles. The largest absolute Gasteiger partial charge is 0.550 e. The smallest absolute Gasteiger partial charge is 0.251 e. The zero-order valence-electron chi connectivity index (χ0n) is 6.26. The van der Waals surface area contributed by atoms with Gasteiger partial charge >= 0.3 is 0 Å². The maximum atomic E-state index is 9.70. The Morgan fingerprint density at radius 2 is 2.10 bits per heavy atom. The molecule has 0 spiro atoms. The number of unbranched alkanes of at least 4 members (excludes halogenated alkanes) is 3. The first kappa shape index (κ1) is 9.27. The Kier molecular flexibility index (Phi) is 5.92. The van der Waals surface area contributed by atoms with Gasteiger partial charge in [0, 0.05) is 6.61 Å². The van der Waals surface area contributed by atoms with Gasteiger partial charge in [0.1, 0.15) is 0 Å². The highest BCUT2D eigenvalue weighted by Gasteiger charge is 1.85. The molecule has 0 N–H and O–H groups in total. The fourth-order valence-electron chi connectivity index (χ4n) is 0.684. The molecule has 3 heteroatoms. The van der Waals surface area contributed by atoms with Crippen molar-refractivity contribution < 1.29 is 14.6 Å². The first-order valence-electron chi connectivity index (χ1n) is 3.61. The van der Waals surface area contributed by atoms with E-state index in [0.29, 0.717) is 0 Å². The van der Waals surface area contributed by atoms with Crippen LogP contribution in [0.25, 0.3) is 0 Å². The summed E-state index contributed by atoms with van der Waals surface area (Å²) in [5.41, 5.74) is 0. The fraction of sp³-hybridized carbons (Fsp3) is 0.857. The molecule has 0 fully saturated rings. The monoisotopic (exact) mass is 145 g/mol. The molecule has 0 radical (unpaired) electrons. The molecule has 0 aromatic rings. The molecule has 0 aliphatic carbocycles. The lowest BCUT2D eigenvalue weighted by atomic mass is 10.2. The molecule has 0 saturated carbocycles. The van der Waals surface area contributed by atoms with E-state index in [9.17, 15) is 9.90 Å². The van der Waals surface area contributed by atoms with Gasteiger partial charge in [0.2, 0.25) is 0 Å². The van der Waals surface area contributed by atoms with Crippen LogP contribution in [0.3, 0.4) is 0 Å². The first-order chi connectivity index (χ1) is 4.77. The van der Waals surface area contributed by atoms with Gasteiger partial charge in [0.25, 0.3) is 6.16 Å². The highest BCUT2D eigenvalue weighted by atomic mass is 16.7. The Morgan fingerprint density at radius 3 is 2.60 bits per heavy atom. The Labute approximate surface area is 61.0 Å². The van der Waals surface area contributed by atoms with Crippen molar-refractivity contribution >= 4 is 6.16 Å². The lowest BCUT2D eigenvalue weighted by molar-refractivity contribution is -0.282. The summed E-state index contributed by atoms with van der Waals surface area (Å²) in [5, 5.41) is 9.70. The number of hydrogen-bond donors (Lipinski definition) is 0. The van der Waals surface area contributed by atoms with E-state index >= 15 is 0 Å². The van der Waals surface area contributed by atoms with Crippen LogP contribution < -0.4 is 5.11 Å². The average molecular weight is 145 g/mol. The topological polar surface area (TPSA) is 49.4 Å². The zero-order valence-corrected chi connectivity index (χ0v) is 6.26. The number of carbonyl (C=O) groups is 1. The quantitative estimate of drug-likeness (QED) is 0.427. The minimum absolute atomic E-state index is 0.280. The molecule has 0 aromatic carbocycles. The summed E-state index contributed by atoms with van der Waals surface area (Å²) >= 11 is 0. The highest BCUT2D eigenvalue weighted by Crippen LogP contribution is 1.98. The van der Waals surface area contributed by atoms with E-state index in [1.54, 1.807) is 0 Å². The molecule has 0 saturated heterocycles. The highest BCUT2D eigenvalue weighted by molar-refractivity contribution is 5.53. The second kappa shape index (κ2) is 6.39. The molecule has 0 unspecified atom stereocenters. The normalized spacial score (nSPS) is 9.30. The van der Waals surface area contributed by atoms with Gasteiger partial charge in [-0.25, -0.2) is 0 Å². The van der Waals surface area contributed by atoms with E-state index < -0.39 is 6.16 Å². The Morgan fingerprint density at radius 1 is 1.40 bits per heavy atom. The molecule has 0 amide bonds. The van der Waals surface area contributed by atoms with Crippen molar-refractivity contribution in [2.45, 2.75) is 32.6 Å².